The number of aromatic carboxylic acids is 1. The highest BCUT2D eigenvalue weighted by atomic mass is 32.2. The van der Waals surface area contributed by atoms with E-state index in [-0.39, 0.29) is 23.3 Å². The number of hydrogen-bond donors (Lipinski definition) is 2. The zero-order chi connectivity index (χ0) is 14.4. The summed E-state index contributed by atoms with van der Waals surface area (Å²) >= 11 is 1.33. The zero-order valence-corrected chi connectivity index (χ0v) is 11.8. The van der Waals surface area contributed by atoms with Crippen molar-refractivity contribution in [3.8, 4) is 0 Å². The standard InChI is InChI=1S/C14H17NO4S/c16-13(15-8-11-4-2-6-19-11)9-20-12-5-1-3-10(7-12)14(17)18/h1,3,5,7,11H,2,4,6,8-9H2,(H,15,16)(H,17,18). The third-order valence-electron chi connectivity index (χ3n) is 3.00. The van der Waals surface area contributed by atoms with Crippen LogP contribution in [0, 0.1) is 0 Å². The van der Waals surface area contributed by atoms with Gasteiger partial charge in [0.25, 0.3) is 0 Å². The van der Waals surface area contributed by atoms with Crippen LogP contribution >= 0.6 is 11.8 Å². The Labute approximate surface area is 121 Å². The first kappa shape index (κ1) is 14.9. The SMILES string of the molecule is O=C(CSc1cccc(C(=O)O)c1)NCC1CCCO1. The van der Waals surface area contributed by atoms with E-state index < -0.39 is 5.97 Å². The summed E-state index contributed by atoms with van der Waals surface area (Å²) < 4.78 is 5.42. The molecule has 1 amide bonds. The van der Waals surface area contributed by atoms with E-state index in [1.54, 1.807) is 18.2 Å². The summed E-state index contributed by atoms with van der Waals surface area (Å²) in [6.45, 7) is 1.33. The summed E-state index contributed by atoms with van der Waals surface area (Å²) in [5.41, 5.74) is 0.231. The number of hydrogen-bond acceptors (Lipinski definition) is 4. The molecule has 1 heterocycles. The van der Waals surface area contributed by atoms with Gasteiger partial charge in [-0.15, -0.1) is 11.8 Å². The highest BCUT2D eigenvalue weighted by Gasteiger charge is 2.16. The molecule has 6 heteroatoms. The number of thioether (sulfide) groups is 1. The Kier molecular flexibility index (Phi) is 5.43. The molecule has 0 saturated carbocycles. The average Bonchev–Trinajstić information content (AvgIpc) is 2.96. The topological polar surface area (TPSA) is 75.6 Å². The molecule has 0 aromatic heterocycles. The van der Waals surface area contributed by atoms with Gasteiger partial charge in [0.15, 0.2) is 0 Å². The molecule has 1 aromatic carbocycles. The average molecular weight is 295 g/mol. The number of amides is 1. The number of carboxylic acids is 1. The van der Waals surface area contributed by atoms with Crippen molar-refractivity contribution in [1.82, 2.24) is 5.32 Å². The third kappa shape index (κ3) is 4.54. The molecule has 1 fully saturated rings. The first-order valence-electron chi connectivity index (χ1n) is 6.49. The van der Waals surface area contributed by atoms with Gasteiger partial charge in [0, 0.05) is 18.0 Å². The number of ether oxygens (including phenoxy) is 1. The molecule has 1 aliphatic heterocycles. The van der Waals surface area contributed by atoms with Gasteiger partial charge in [0.05, 0.1) is 17.4 Å². The van der Waals surface area contributed by atoms with Crippen molar-refractivity contribution in [1.29, 1.82) is 0 Å². The maximum atomic E-state index is 11.7. The normalized spacial score (nSPS) is 17.9. The lowest BCUT2D eigenvalue weighted by Crippen LogP contribution is -2.32. The molecule has 1 atom stereocenters. The molecule has 2 rings (SSSR count). The van der Waals surface area contributed by atoms with Gasteiger partial charge in [-0.1, -0.05) is 6.07 Å². The van der Waals surface area contributed by atoms with Crippen LogP contribution in [0.25, 0.3) is 0 Å². The number of rotatable bonds is 6. The molecule has 5 nitrogen and oxygen atoms in total. The lowest BCUT2D eigenvalue weighted by Gasteiger charge is -2.10. The van der Waals surface area contributed by atoms with E-state index in [1.807, 2.05) is 0 Å². The summed E-state index contributed by atoms with van der Waals surface area (Å²) in [5.74, 6) is -0.753. The van der Waals surface area contributed by atoms with Crippen molar-refractivity contribution >= 4 is 23.6 Å². The van der Waals surface area contributed by atoms with Crippen LogP contribution in [0.1, 0.15) is 23.2 Å². The second-order valence-electron chi connectivity index (χ2n) is 4.56. The summed E-state index contributed by atoms with van der Waals surface area (Å²) in [7, 11) is 0. The van der Waals surface area contributed by atoms with Gasteiger partial charge in [0.2, 0.25) is 5.91 Å². The van der Waals surface area contributed by atoms with E-state index in [0.29, 0.717) is 6.54 Å². The van der Waals surface area contributed by atoms with Gasteiger partial charge in [0.1, 0.15) is 0 Å². The molecule has 0 bridgehead atoms. The van der Waals surface area contributed by atoms with Crippen molar-refractivity contribution < 1.29 is 19.4 Å². The molecule has 1 saturated heterocycles. The first-order valence-corrected chi connectivity index (χ1v) is 7.48. The Morgan fingerprint density at radius 1 is 1.45 bits per heavy atom. The highest BCUT2D eigenvalue weighted by Crippen LogP contribution is 2.19. The summed E-state index contributed by atoms with van der Waals surface area (Å²) in [4.78, 5) is 23.3. The van der Waals surface area contributed by atoms with Gasteiger partial charge >= 0.3 is 5.97 Å². The molecule has 1 aromatic rings. The smallest absolute Gasteiger partial charge is 0.335 e. The maximum Gasteiger partial charge on any atom is 0.335 e. The minimum absolute atomic E-state index is 0.0637. The highest BCUT2D eigenvalue weighted by molar-refractivity contribution is 8.00. The molecular formula is C14H17NO4S. The van der Waals surface area contributed by atoms with Crippen molar-refractivity contribution in [3.63, 3.8) is 0 Å². The van der Waals surface area contributed by atoms with E-state index in [9.17, 15) is 9.59 Å². The number of nitrogens with one attached hydrogen (secondary N) is 1. The Morgan fingerprint density at radius 3 is 3.00 bits per heavy atom. The number of carbonyl (C=O) groups excluding carboxylic acids is 1. The van der Waals surface area contributed by atoms with Gasteiger partial charge in [-0.3, -0.25) is 4.79 Å². The third-order valence-corrected chi connectivity index (χ3v) is 4.00. The van der Waals surface area contributed by atoms with Crippen molar-refractivity contribution in [2.45, 2.75) is 23.8 Å². The summed E-state index contributed by atoms with van der Waals surface area (Å²) in [5, 5.41) is 11.7. The molecule has 2 N–H and O–H groups in total. The molecule has 1 aliphatic rings. The number of carboxylic acid groups (broad SMARTS) is 1. The van der Waals surface area contributed by atoms with Crippen LogP contribution in [0.3, 0.4) is 0 Å². The van der Waals surface area contributed by atoms with E-state index in [1.165, 1.54) is 17.8 Å². The minimum Gasteiger partial charge on any atom is -0.478 e. The fourth-order valence-electron chi connectivity index (χ4n) is 1.95. The Hall–Kier alpha value is -1.53. The van der Waals surface area contributed by atoms with Crippen molar-refractivity contribution in [2.24, 2.45) is 0 Å². The van der Waals surface area contributed by atoms with Crippen molar-refractivity contribution in [2.75, 3.05) is 18.9 Å². The fourth-order valence-corrected chi connectivity index (χ4v) is 2.74. The maximum absolute atomic E-state index is 11.7. The van der Waals surface area contributed by atoms with Gasteiger partial charge < -0.3 is 15.2 Å². The number of carbonyl (C=O) groups is 2. The van der Waals surface area contributed by atoms with E-state index in [4.69, 9.17) is 9.84 Å². The quantitative estimate of drug-likeness (QED) is 0.782. The first-order chi connectivity index (χ1) is 9.65. The molecule has 0 spiro atoms. The largest absolute Gasteiger partial charge is 0.478 e. The van der Waals surface area contributed by atoms with Crippen LogP contribution in [0.5, 0.6) is 0 Å². The van der Waals surface area contributed by atoms with Gasteiger partial charge in [-0.05, 0) is 31.0 Å². The Morgan fingerprint density at radius 2 is 2.30 bits per heavy atom. The predicted octanol–water partition coefficient (Wildman–Crippen LogP) is 1.77. The fraction of sp³-hybridized carbons (Fsp3) is 0.429. The molecule has 0 aliphatic carbocycles. The predicted molar refractivity (Wildman–Crippen MR) is 76.1 cm³/mol. The molecule has 1 unspecified atom stereocenters. The van der Waals surface area contributed by atoms with E-state index >= 15 is 0 Å². The zero-order valence-electron chi connectivity index (χ0n) is 11.0. The van der Waals surface area contributed by atoms with Crippen LogP contribution in [-0.2, 0) is 9.53 Å². The van der Waals surface area contributed by atoms with E-state index in [2.05, 4.69) is 5.32 Å². The lowest BCUT2D eigenvalue weighted by atomic mass is 10.2. The molecule has 0 radical (unpaired) electrons. The molecular weight excluding hydrogens is 278 g/mol. The minimum atomic E-state index is -0.963. The van der Waals surface area contributed by atoms with Gasteiger partial charge in [-0.25, -0.2) is 4.79 Å². The van der Waals surface area contributed by atoms with Gasteiger partial charge in [-0.2, -0.15) is 0 Å². The second-order valence-corrected chi connectivity index (χ2v) is 5.61. The van der Waals surface area contributed by atoms with Crippen molar-refractivity contribution in [3.05, 3.63) is 29.8 Å². The monoisotopic (exact) mass is 295 g/mol. The Bertz CT molecular complexity index is 486. The van der Waals surface area contributed by atoms with Crippen LogP contribution in [0.4, 0.5) is 0 Å². The van der Waals surface area contributed by atoms with Crippen LogP contribution in [0.2, 0.25) is 0 Å². The Balaban J connectivity index is 1.75. The molecule has 108 valence electrons. The second kappa shape index (κ2) is 7.31. The van der Waals surface area contributed by atoms with Crippen LogP contribution < -0.4 is 5.32 Å². The van der Waals surface area contributed by atoms with Crippen LogP contribution in [0.15, 0.2) is 29.2 Å². The number of benzene rings is 1. The summed E-state index contributed by atoms with van der Waals surface area (Å²) in [6, 6.07) is 6.57. The van der Waals surface area contributed by atoms with E-state index in [0.717, 1.165) is 24.3 Å². The van der Waals surface area contributed by atoms with Crippen LogP contribution in [-0.4, -0.2) is 42.0 Å². The summed E-state index contributed by atoms with van der Waals surface area (Å²) in [6.07, 6.45) is 2.19. The lowest BCUT2D eigenvalue weighted by molar-refractivity contribution is -0.119. The molecule has 20 heavy (non-hydrogen) atoms.